The zero-order chi connectivity index (χ0) is 21.0. The van der Waals surface area contributed by atoms with Gasteiger partial charge in [0.25, 0.3) is 5.91 Å². The van der Waals surface area contributed by atoms with Crippen LogP contribution in [0.5, 0.6) is 5.75 Å². The van der Waals surface area contributed by atoms with E-state index in [9.17, 15) is 14.0 Å². The molecule has 1 aliphatic rings. The number of hydrogen-bond acceptors (Lipinski definition) is 3. The van der Waals surface area contributed by atoms with E-state index in [2.05, 4.69) is 10.6 Å². The van der Waals surface area contributed by atoms with Crippen molar-refractivity contribution in [2.45, 2.75) is 39.5 Å². The summed E-state index contributed by atoms with van der Waals surface area (Å²) >= 11 is 6.16. The second-order valence-electron chi connectivity index (χ2n) is 6.75. The Labute approximate surface area is 174 Å². The average molecular weight is 420 g/mol. The second-order valence-corrected chi connectivity index (χ2v) is 7.16. The third-order valence-electron chi connectivity index (χ3n) is 4.62. The zero-order valence-corrected chi connectivity index (χ0v) is 17.1. The highest BCUT2D eigenvalue weighted by atomic mass is 35.5. The molecule has 3 amide bonds. The smallest absolute Gasteiger partial charge is 0.319 e. The number of urea groups is 1. The van der Waals surface area contributed by atoms with E-state index in [1.807, 2.05) is 13.8 Å². The Morgan fingerprint density at radius 2 is 2.07 bits per heavy atom. The third kappa shape index (κ3) is 4.98. The molecule has 3 rings (SSSR count). The lowest BCUT2D eigenvalue weighted by Crippen LogP contribution is -2.38. The summed E-state index contributed by atoms with van der Waals surface area (Å²) in [5.41, 5.74) is 2.01. The predicted molar refractivity (Wildman–Crippen MR) is 110 cm³/mol. The first-order valence-corrected chi connectivity index (χ1v) is 9.86. The van der Waals surface area contributed by atoms with E-state index in [-0.39, 0.29) is 30.1 Å². The summed E-state index contributed by atoms with van der Waals surface area (Å²) in [4.78, 5) is 26.4. The minimum atomic E-state index is -0.627. The van der Waals surface area contributed by atoms with E-state index in [1.165, 1.54) is 12.1 Å². The fourth-order valence-corrected chi connectivity index (χ4v) is 3.40. The number of nitrogens with one attached hydrogen (secondary N) is 2. The van der Waals surface area contributed by atoms with Crippen LogP contribution in [-0.2, 0) is 17.9 Å². The van der Waals surface area contributed by atoms with Crippen molar-refractivity contribution in [2.24, 2.45) is 0 Å². The summed E-state index contributed by atoms with van der Waals surface area (Å²) in [6.07, 6.45) is -0.122. The quantitative estimate of drug-likeness (QED) is 0.758. The van der Waals surface area contributed by atoms with Gasteiger partial charge in [-0.2, -0.15) is 0 Å². The molecule has 29 heavy (non-hydrogen) atoms. The number of rotatable bonds is 5. The molecule has 0 bridgehead atoms. The Morgan fingerprint density at radius 1 is 1.28 bits per heavy atom. The van der Waals surface area contributed by atoms with Crippen LogP contribution in [0, 0.1) is 5.82 Å². The van der Waals surface area contributed by atoms with Crippen molar-refractivity contribution in [1.82, 2.24) is 10.2 Å². The lowest BCUT2D eigenvalue weighted by atomic mass is 10.1. The zero-order valence-electron chi connectivity index (χ0n) is 16.3. The Kier molecular flexibility index (Phi) is 6.59. The number of carbonyl (C=O) groups is 2. The topological polar surface area (TPSA) is 70.7 Å². The number of anilines is 1. The van der Waals surface area contributed by atoms with E-state index in [0.29, 0.717) is 30.0 Å². The minimum absolute atomic E-state index is 0.165. The van der Waals surface area contributed by atoms with Crippen LogP contribution in [0.4, 0.5) is 14.9 Å². The standard InChI is InChI=1S/C21H23ClFN3O3/c1-3-18-20(27)26(11-13-5-6-15(23)10-17(13)22)12-14-9-16(7-8-19(14)29-18)25-21(28)24-4-2/h5-10,18H,3-4,11-12H2,1-2H3,(H2,24,25,28). The van der Waals surface area contributed by atoms with Gasteiger partial charge in [-0.05, 0) is 49.2 Å². The van der Waals surface area contributed by atoms with Gasteiger partial charge in [0.15, 0.2) is 6.10 Å². The first kappa shape index (κ1) is 20.9. The van der Waals surface area contributed by atoms with Gasteiger partial charge in [0.2, 0.25) is 0 Å². The highest BCUT2D eigenvalue weighted by Crippen LogP contribution is 2.31. The maximum Gasteiger partial charge on any atom is 0.319 e. The molecule has 1 unspecified atom stereocenters. The minimum Gasteiger partial charge on any atom is -0.480 e. The molecule has 2 N–H and O–H groups in total. The Balaban J connectivity index is 1.89. The van der Waals surface area contributed by atoms with Gasteiger partial charge in [0.05, 0.1) is 0 Å². The Morgan fingerprint density at radius 3 is 2.76 bits per heavy atom. The molecule has 0 aliphatic carbocycles. The van der Waals surface area contributed by atoms with Gasteiger partial charge >= 0.3 is 6.03 Å². The molecule has 1 aliphatic heterocycles. The first-order chi connectivity index (χ1) is 13.9. The van der Waals surface area contributed by atoms with Gasteiger partial charge in [-0.25, -0.2) is 9.18 Å². The molecule has 0 radical (unpaired) electrons. The van der Waals surface area contributed by atoms with Crippen LogP contribution < -0.4 is 15.4 Å². The van der Waals surface area contributed by atoms with Crippen LogP contribution in [-0.4, -0.2) is 29.5 Å². The fourth-order valence-electron chi connectivity index (χ4n) is 3.17. The fraction of sp³-hybridized carbons (Fsp3) is 0.333. The number of hydrogen-bond donors (Lipinski definition) is 2. The van der Waals surface area contributed by atoms with Crippen molar-refractivity contribution in [3.05, 3.63) is 58.4 Å². The van der Waals surface area contributed by atoms with Crippen molar-refractivity contribution < 1.29 is 18.7 Å². The summed E-state index contributed by atoms with van der Waals surface area (Å²) in [5.74, 6) is 0.00353. The summed E-state index contributed by atoms with van der Waals surface area (Å²) in [6.45, 7) is 4.73. The predicted octanol–water partition coefficient (Wildman–Crippen LogP) is 4.32. The summed E-state index contributed by atoms with van der Waals surface area (Å²) in [6, 6.07) is 9.09. The van der Waals surface area contributed by atoms with E-state index < -0.39 is 11.9 Å². The lowest BCUT2D eigenvalue weighted by molar-refractivity contribution is -0.139. The maximum atomic E-state index is 13.4. The molecular formula is C21H23ClFN3O3. The number of amides is 3. The molecule has 1 atom stereocenters. The maximum absolute atomic E-state index is 13.4. The molecule has 0 saturated heterocycles. The number of ether oxygens (including phenoxy) is 1. The van der Waals surface area contributed by atoms with Gasteiger partial charge in [0, 0.05) is 35.9 Å². The van der Waals surface area contributed by atoms with Crippen LogP contribution in [0.3, 0.4) is 0 Å². The monoisotopic (exact) mass is 419 g/mol. The molecule has 0 fully saturated rings. The molecule has 2 aromatic rings. The van der Waals surface area contributed by atoms with Gasteiger partial charge < -0.3 is 20.3 Å². The van der Waals surface area contributed by atoms with E-state index in [1.54, 1.807) is 29.2 Å². The summed E-state index contributed by atoms with van der Waals surface area (Å²) in [5, 5.41) is 5.70. The van der Waals surface area contributed by atoms with Gasteiger partial charge in [-0.1, -0.05) is 24.6 Å². The molecule has 154 valence electrons. The largest absolute Gasteiger partial charge is 0.480 e. The average Bonchev–Trinajstić information content (AvgIpc) is 2.80. The van der Waals surface area contributed by atoms with E-state index in [0.717, 1.165) is 5.56 Å². The number of carbonyl (C=O) groups excluding carboxylic acids is 2. The van der Waals surface area contributed by atoms with Crippen LogP contribution in [0.25, 0.3) is 0 Å². The van der Waals surface area contributed by atoms with Gasteiger partial charge in [0.1, 0.15) is 11.6 Å². The number of halogens is 2. The Hall–Kier alpha value is -2.80. The summed E-state index contributed by atoms with van der Waals surface area (Å²) in [7, 11) is 0. The lowest BCUT2D eigenvalue weighted by Gasteiger charge is -2.23. The molecule has 1 heterocycles. The van der Waals surface area contributed by atoms with Crippen LogP contribution >= 0.6 is 11.6 Å². The molecule has 6 nitrogen and oxygen atoms in total. The molecular weight excluding hydrogens is 397 g/mol. The molecule has 0 saturated carbocycles. The first-order valence-electron chi connectivity index (χ1n) is 9.48. The normalized spacial score (nSPS) is 15.9. The molecule has 8 heteroatoms. The number of benzene rings is 2. The van der Waals surface area contributed by atoms with Crippen molar-refractivity contribution in [1.29, 1.82) is 0 Å². The Bertz CT molecular complexity index is 922. The number of nitrogens with zero attached hydrogens (tertiary/aromatic N) is 1. The van der Waals surface area contributed by atoms with Crippen LogP contribution in [0.1, 0.15) is 31.4 Å². The highest BCUT2D eigenvalue weighted by Gasteiger charge is 2.30. The van der Waals surface area contributed by atoms with Gasteiger partial charge in [-0.3, -0.25) is 4.79 Å². The second kappa shape index (κ2) is 9.13. The van der Waals surface area contributed by atoms with E-state index in [4.69, 9.17) is 16.3 Å². The SMILES string of the molecule is CCNC(=O)Nc1ccc2c(c1)CN(Cc1ccc(F)cc1Cl)C(=O)C(CC)O2. The van der Waals surface area contributed by atoms with Crippen molar-refractivity contribution in [2.75, 3.05) is 11.9 Å². The molecule has 0 aromatic heterocycles. The van der Waals surface area contributed by atoms with Crippen molar-refractivity contribution in [3.63, 3.8) is 0 Å². The summed E-state index contributed by atoms with van der Waals surface area (Å²) < 4.78 is 19.3. The van der Waals surface area contributed by atoms with Gasteiger partial charge in [-0.15, -0.1) is 0 Å². The van der Waals surface area contributed by atoms with Crippen molar-refractivity contribution >= 4 is 29.2 Å². The third-order valence-corrected chi connectivity index (χ3v) is 4.97. The van der Waals surface area contributed by atoms with Crippen LogP contribution in [0.15, 0.2) is 36.4 Å². The highest BCUT2D eigenvalue weighted by molar-refractivity contribution is 6.31. The van der Waals surface area contributed by atoms with Crippen LogP contribution in [0.2, 0.25) is 5.02 Å². The molecule has 0 spiro atoms. The van der Waals surface area contributed by atoms with E-state index >= 15 is 0 Å². The van der Waals surface area contributed by atoms with Crippen molar-refractivity contribution in [3.8, 4) is 5.75 Å². The molecule has 2 aromatic carbocycles. The number of fused-ring (bicyclic) bond motifs is 1.